The first-order valence-corrected chi connectivity index (χ1v) is 15.0. The molecule has 41 heavy (non-hydrogen) atoms. The number of piperidine rings is 1. The summed E-state index contributed by atoms with van der Waals surface area (Å²) in [5.41, 5.74) is 0.920. The van der Waals surface area contributed by atoms with Gasteiger partial charge in [-0.25, -0.2) is 27.2 Å². The van der Waals surface area contributed by atoms with Gasteiger partial charge in [-0.15, -0.1) is 6.42 Å². The summed E-state index contributed by atoms with van der Waals surface area (Å²) in [6.45, 7) is 5.63. The molecule has 1 aliphatic heterocycles. The van der Waals surface area contributed by atoms with Crippen LogP contribution in [-0.4, -0.2) is 61.1 Å². The van der Waals surface area contributed by atoms with Crippen LogP contribution in [0.25, 0.3) is 22.3 Å². The van der Waals surface area contributed by atoms with E-state index in [1.165, 1.54) is 29.4 Å². The number of nitrogens with one attached hydrogen (secondary N) is 2. The molecule has 0 bridgehead atoms. The molecule has 1 saturated heterocycles. The fraction of sp³-hybridized carbons (Fsp3) is 0.345. The van der Waals surface area contributed by atoms with Gasteiger partial charge in [-0.05, 0) is 56.8 Å². The SMILES string of the molecule is C#CC=N/C=C(\C=C)c1cn(-c2c(F)ccc(NS(=O)(=O)CC3CC3)c2F)c2cnc(N(C)C3CCNCC3)nc12. The summed E-state index contributed by atoms with van der Waals surface area (Å²) >= 11 is 0. The van der Waals surface area contributed by atoms with Crippen LogP contribution in [-0.2, 0) is 10.0 Å². The highest BCUT2D eigenvalue weighted by atomic mass is 32.2. The number of halogens is 2. The summed E-state index contributed by atoms with van der Waals surface area (Å²) < 4.78 is 60.0. The van der Waals surface area contributed by atoms with E-state index in [1.54, 1.807) is 6.08 Å². The number of rotatable bonds is 10. The van der Waals surface area contributed by atoms with Gasteiger partial charge in [-0.2, -0.15) is 0 Å². The van der Waals surface area contributed by atoms with Crippen molar-refractivity contribution in [1.82, 2.24) is 19.9 Å². The summed E-state index contributed by atoms with van der Waals surface area (Å²) in [6.07, 6.45) is 16.1. The molecule has 2 fully saturated rings. The molecule has 2 aromatic heterocycles. The molecule has 0 radical (unpaired) electrons. The van der Waals surface area contributed by atoms with Crippen molar-refractivity contribution in [3.63, 3.8) is 0 Å². The van der Waals surface area contributed by atoms with E-state index >= 15 is 8.78 Å². The normalized spacial score (nSPS) is 16.7. The predicted octanol–water partition coefficient (Wildman–Crippen LogP) is 4.27. The van der Waals surface area contributed by atoms with Crippen LogP contribution in [0.2, 0.25) is 0 Å². The molecule has 2 N–H and O–H groups in total. The first kappa shape index (κ1) is 28.4. The molecule has 0 unspecified atom stereocenters. The zero-order valence-electron chi connectivity index (χ0n) is 22.6. The number of benzene rings is 1. The number of nitrogens with zero attached hydrogens (tertiary/aromatic N) is 5. The van der Waals surface area contributed by atoms with Gasteiger partial charge in [0.15, 0.2) is 5.82 Å². The summed E-state index contributed by atoms with van der Waals surface area (Å²) in [5.74, 6) is 0.778. The van der Waals surface area contributed by atoms with Crippen LogP contribution in [0.15, 0.2) is 48.4 Å². The zero-order valence-corrected chi connectivity index (χ0v) is 23.5. The Morgan fingerprint density at radius 3 is 2.76 bits per heavy atom. The fourth-order valence-corrected chi connectivity index (χ4v) is 6.49. The Balaban J connectivity index is 1.65. The molecule has 0 atom stereocenters. The lowest BCUT2D eigenvalue weighted by Gasteiger charge is -2.31. The van der Waals surface area contributed by atoms with E-state index in [1.807, 2.05) is 11.9 Å². The van der Waals surface area contributed by atoms with Crippen LogP contribution in [0, 0.1) is 29.9 Å². The van der Waals surface area contributed by atoms with Gasteiger partial charge in [-0.3, -0.25) is 9.71 Å². The van der Waals surface area contributed by atoms with Crippen molar-refractivity contribution >= 4 is 44.5 Å². The highest BCUT2D eigenvalue weighted by molar-refractivity contribution is 7.92. The molecular weight excluding hydrogens is 548 g/mol. The number of hydrogen-bond donors (Lipinski definition) is 2. The first-order chi connectivity index (χ1) is 19.7. The Morgan fingerprint density at radius 2 is 2.07 bits per heavy atom. The van der Waals surface area contributed by atoms with Gasteiger partial charge in [0.05, 0.1) is 29.4 Å². The molecule has 2 aliphatic rings. The minimum absolute atomic E-state index is 0.0574. The summed E-state index contributed by atoms with van der Waals surface area (Å²) in [5, 5.41) is 3.34. The van der Waals surface area contributed by atoms with Gasteiger partial charge in [0.25, 0.3) is 0 Å². The molecule has 3 heterocycles. The number of aromatic nitrogens is 3. The fourth-order valence-electron chi connectivity index (χ4n) is 4.96. The second-order valence-electron chi connectivity index (χ2n) is 10.2. The van der Waals surface area contributed by atoms with Gasteiger partial charge in [0.1, 0.15) is 17.0 Å². The molecule has 3 aromatic rings. The van der Waals surface area contributed by atoms with Gasteiger partial charge < -0.3 is 14.8 Å². The molecule has 5 rings (SSSR count). The lowest BCUT2D eigenvalue weighted by atomic mass is 10.1. The number of terminal acetylenes is 1. The van der Waals surface area contributed by atoms with E-state index < -0.39 is 27.3 Å². The molecule has 1 saturated carbocycles. The zero-order chi connectivity index (χ0) is 29.1. The Kier molecular flexibility index (Phi) is 8.19. The third kappa shape index (κ3) is 6.16. The summed E-state index contributed by atoms with van der Waals surface area (Å²) in [7, 11) is -1.89. The Labute approximate surface area is 238 Å². The summed E-state index contributed by atoms with van der Waals surface area (Å²) in [6, 6.07) is 2.34. The van der Waals surface area contributed by atoms with Crippen molar-refractivity contribution in [3.05, 3.63) is 60.6 Å². The number of aliphatic imine (C=N–C) groups is 1. The smallest absolute Gasteiger partial charge is 0.233 e. The number of allylic oxidation sites excluding steroid dienone is 2. The monoisotopic (exact) mass is 579 g/mol. The molecule has 0 amide bonds. The molecule has 1 aromatic carbocycles. The number of sulfonamides is 1. The molecule has 9 nitrogen and oxygen atoms in total. The first-order valence-electron chi connectivity index (χ1n) is 13.3. The number of fused-ring (bicyclic) bond motifs is 1. The van der Waals surface area contributed by atoms with Crippen molar-refractivity contribution in [2.45, 2.75) is 31.7 Å². The van der Waals surface area contributed by atoms with Crippen LogP contribution in [0.3, 0.4) is 0 Å². The van der Waals surface area contributed by atoms with Gasteiger partial charge >= 0.3 is 0 Å². The number of hydrogen-bond acceptors (Lipinski definition) is 7. The quantitative estimate of drug-likeness (QED) is 0.211. The van der Waals surface area contributed by atoms with E-state index in [4.69, 9.17) is 11.4 Å². The maximum Gasteiger partial charge on any atom is 0.233 e. The van der Waals surface area contributed by atoms with Crippen molar-refractivity contribution in [2.24, 2.45) is 10.9 Å². The third-order valence-electron chi connectivity index (χ3n) is 7.32. The van der Waals surface area contributed by atoms with Crippen LogP contribution >= 0.6 is 0 Å². The lowest BCUT2D eigenvalue weighted by molar-refractivity contribution is 0.440. The second kappa shape index (κ2) is 11.8. The van der Waals surface area contributed by atoms with E-state index in [0.29, 0.717) is 28.1 Å². The van der Waals surface area contributed by atoms with Crippen molar-refractivity contribution < 1.29 is 17.2 Å². The van der Waals surface area contributed by atoms with Gasteiger partial charge in [-0.1, -0.05) is 18.6 Å². The molecule has 12 heteroatoms. The van der Waals surface area contributed by atoms with Crippen LogP contribution in [0.5, 0.6) is 0 Å². The standard InChI is InChI=1S/C29H31F2N7O2S/c1-4-12-33-15-20(5-2)22-17-38(25-16-34-29(35-27(22)25)37(3)21-10-13-32-14-11-21)28-23(30)8-9-24(26(28)31)36-41(39,40)18-19-6-7-19/h1,5,8-9,12,15-17,19,21,32,36H,2,6-7,10-11,13-14,18H2,3H3/b20-15+,33-12?. The molecule has 0 spiro atoms. The van der Waals surface area contributed by atoms with Crippen LogP contribution in [0.4, 0.5) is 20.4 Å². The summed E-state index contributed by atoms with van der Waals surface area (Å²) in [4.78, 5) is 15.4. The van der Waals surface area contributed by atoms with E-state index in [0.717, 1.165) is 50.9 Å². The highest BCUT2D eigenvalue weighted by Crippen LogP contribution is 2.35. The number of anilines is 2. The van der Waals surface area contributed by atoms with E-state index in [9.17, 15) is 8.42 Å². The van der Waals surface area contributed by atoms with Gasteiger partial charge in [0.2, 0.25) is 16.0 Å². The average molecular weight is 580 g/mol. The third-order valence-corrected chi connectivity index (χ3v) is 8.76. The van der Waals surface area contributed by atoms with Gasteiger partial charge in [0, 0.05) is 36.6 Å². The van der Waals surface area contributed by atoms with Crippen molar-refractivity contribution in [1.29, 1.82) is 0 Å². The predicted molar refractivity (Wildman–Crippen MR) is 159 cm³/mol. The van der Waals surface area contributed by atoms with Crippen molar-refractivity contribution in [2.75, 3.05) is 35.5 Å². The van der Waals surface area contributed by atoms with Crippen LogP contribution in [0.1, 0.15) is 31.2 Å². The molecule has 1 aliphatic carbocycles. The topological polar surface area (TPSA) is 105 Å². The van der Waals surface area contributed by atoms with E-state index in [-0.39, 0.29) is 23.4 Å². The highest BCUT2D eigenvalue weighted by Gasteiger charge is 2.30. The Hall–Kier alpha value is -4.08. The van der Waals surface area contributed by atoms with E-state index in [2.05, 4.69) is 32.5 Å². The lowest BCUT2D eigenvalue weighted by Crippen LogP contribution is -2.41. The Morgan fingerprint density at radius 1 is 1.32 bits per heavy atom. The minimum Gasteiger partial charge on any atom is -0.341 e. The molecule has 214 valence electrons. The second-order valence-corrected chi connectivity index (χ2v) is 12.0. The average Bonchev–Trinajstić information content (AvgIpc) is 3.70. The van der Waals surface area contributed by atoms with Crippen LogP contribution < -0.4 is 14.9 Å². The minimum atomic E-state index is -3.81. The maximum absolute atomic E-state index is 15.9. The maximum atomic E-state index is 15.9. The van der Waals surface area contributed by atoms with Crippen molar-refractivity contribution in [3.8, 4) is 18.0 Å². The molecular formula is C29H31F2N7O2S. The largest absolute Gasteiger partial charge is 0.341 e. The Bertz CT molecular complexity index is 1680.